The normalized spacial score (nSPS) is 19.8. The molecule has 20 heavy (non-hydrogen) atoms. The van der Waals surface area contributed by atoms with Crippen LogP contribution in [0.25, 0.3) is 0 Å². The Morgan fingerprint density at radius 2 is 2.05 bits per heavy atom. The van der Waals surface area contributed by atoms with E-state index in [1.165, 1.54) is 12.1 Å². The number of aliphatic hydroxyl groups is 1. The van der Waals surface area contributed by atoms with Gasteiger partial charge < -0.3 is 15.2 Å². The van der Waals surface area contributed by atoms with Crippen molar-refractivity contribution in [3.8, 4) is 0 Å². The Morgan fingerprint density at radius 3 is 2.65 bits per heavy atom. The van der Waals surface area contributed by atoms with Crippen molar-refractivity contribution >= 4 is 0 Å². The maximum Gasteiger partial charge on any atom is 0.130 e. The lowest BCUT2D eigenvalue weighted by Gasteiger charge is -2.36. The van der Waals surface area contributed by atoms with Crippen LogP contribution in [0.4, 0.5) is 8.78 Å². The minimum atomic E-state index is -0.574. The molecule has 5 heteroatoms. The quantitative estimate of drug-likeness (QED) is 0.873. The molecule has 3 nitrogen and oxygen atoms in total. The smallest absolute Gasteiger partial charge is 0.130 e. The molecular weight excluding hydrogens is 264 g/mol. The molecule has 1 atom stereocenters. The van der Waals surface area contributed by atoms with E-state index in [2.05, 4.69) is 5.32 Å². The molecule has 1 heterocycles. The van der Waals surface area contributed by atoms with Gasteiger partial charge in [0.05, 0.1) is 6.61 Å². The van der Waals surface area contributed by atoms with E-state index in [-0.39, 0.29) is 18.1 Å². The van der Waals surface area contributed by atoms with E-state index in [0.29, 0.717) is 25.3 Å². The van der Waals surface area contributed by atoms with E-state index < -0.39 is 11.6 Å². The third kappa shape index (κ3) is 3.53. The molecule has 0 saturated carbocycles. The molecule has 2 N–H and O–H groups in total. The minimum Gasteiger partial charge on any atom is -0.396 e. The van der Waals surface area contributed by atoms with Gasteiger partial charge in [-0.05, 0) is 25.8 Å². The van der Waals surface area contributed by atoms with Crippen LogP contribution in [0.5, 0.6) is 0 Å². The number of aliphatic hydroxyl groups excluding tert-OH is 1. The summed E-state index contributed by atoms with van der Waals surface area (Å²) in [4.78, 5) is 0. The second-order valence-corrected chi connectivity index (χ2v) is 5.54. The number of benzene rings is 1. The second kappa shape index (κ2) is 6.61. The summed E-state index contributed by atoms with van der Waals surface area (Å²) in [5.74, 6) is -1.12. The van der Waals surface area contributed by atoms with Crippen molar-refractivity contribution in [2.45, 2.75) is 25.8 Å². The molecular formula is C15H21F2NO2. The molecule has 2 rings (SSSR count). The van der Waals surface area contributed by atoms with Crippen molar-refractivity contribution in [3.05, 3.63) is 35.4 Å². The van der Waals surface area contributed by atoms with Crippen LogP contribution >= 0.6 is 0 Å². The predicted molar refractivity (Wildman–Crippen MR) is 72.3 cm³/mol. The summed E-state index contributed by atoms with van der Waals surface area (Å²) in [5, 5.41) is 12.8. The second-order valence-electron chi connectivity index (χ2n) is 5.54. The first-order valence-electron chi connectivity index (χ1n) is 6.93. The molecule has 1 aliphatic rings. The van der Waals surface area contributed by atoms with Gasteiger partial charge in [0.2, 0.25) is 0 Å². The summed E-state index contributed by atoms with van der Waals surface area (Å²) >= 11 is 0. The number of halogens is 2. The maximum atomic E-state index is 13.7. The Bertz CT molecular complexity index is 447. The Kier molecular flexibility index (Phi) is 5.07. The minimum absolute atomic E-state index is 0.0853. The molecule has 1 unspecified atom stereocenters. The summed E-state index contributed by atoms with van der Waals surface area (Å²) in [6, 6.07) is 3.37. The van der Waals surface area contributed by atoms with E-state index in [1.807, 2.05) is 6.92 Å². The molecule has 1 aromatic carbocycles. The lowest BCUT2D eigenvalue weighted by molar-refractivity contribution is -0.0163. The number of hydrogen-bond acceptors (Lipinski definition) is 3. The molecule has 0 radical (unpaired) electrons. The number of rotatable bonds is 5. The van der Waals surface area contributed by atoms with Crippen molar-refractivity contribution in [2.24, 2.45) is 5.41 Å². The van der Waals surface area contributed by atoms with Gasteiger partial charge in [0.15, 0.2) is 0 Å². The first-order valence-corrected chi connectivity index (χ1v) is 6.93. The van der Waals surface area contributed by atoms with Gasteiger partial charge in [-0.1, -0.05) is 6.07 Å². The van der Waals surface area contributed by atoms with E-state index >= 15 is 0 Å². The summed E-state index contributed by atoms with van der Waals surface area (Å²) < 4.78 is 31.9. The summed E-state index contributed by atoms with van der Waals surface area (Å²) in [6.07, 6.45) is 1.57. The van der Waals surface area contributed by atoms with Crippen molar-refractivity contribution in [1.82, 2.24) is 5.32 Å². The van der Waals surface area contributed by atoms with Crippen molar-refractivity contribution in [2.75, 3.05) is 26.4 Å². The zero-order valence-corrected chi connectivity index (χ0v) is 11.7. The molecule has 0 amide bonds. The topological polar surface area (TPSA) is 41.5 Å². The highest BCUT2D eigenvalue weighted by atomic mass is 19.1. The summed E-state index contributed by atoms with van der Waals surface area (Å²) in [6.45, 7) is 3.79. The fourth-order valence-electron chi connectivity index (χ4n) is 2.53. The van der Waals surface area contributed by atoms with Gasteiger partial charge in [0, 0.05) is 42.8 Å². The third-order valence-corrected chi connectivity index (χ3v) is 4.10. The standard InChI is InChI=1S/C15H21F2NO2/c1-11(13-3-2-12(16)8-14(13)17)18-9-15(10-19)4-6-20-7-5-15/h2-3,8,11,18-19H,4-7,9-10H2,1H3. The largest absolute Gasteiger partial charge is 0.396 e. The van der Waals surface area contributed by atoms with Crippen LogP contribution in [0.2, 0.25) is 0 Å². The lowest BCUT2D eigenvalue weighted by atomic mass is 9.80. The van der Waals surface area contributed by atoms with Gasteiger partial charge in [-0.15, -0.1) is 0 Å². The fraction of sp³-hybridized carbons (Fsp3) is 0.600. The summed E-state index contributed by atoms with van der Waals surface area (Å²) in [7, 11) is 0. The van der Waals surface area contributed by atoms with Gasteiger partial charge >= 0.3 is 0 Å². The van der Waals surface area contributed by atoms with Crippen LogP contribution in [-0.4, -0.2) is 31.5 Å². The van der Waals surface area contributed by atoms with E-state index in [4.69, 9.17) is 4.74 Å². The average molecular weight is 285 g/mol. The molecule has 1 fully saturated rings. The van der Waals surface area contributed by atoms with Gasteiger partial charge in [0.25, 0.3) is 0 Å². The van der Waals surface area contributed by atoms with Crippen LogP contribution in [0.1, 0.15) is 31.4 Å². The van der Waals surface area contributed by atoms with Gasteiger partial charge in [-0.2, -0.15) is 0 Å². The number of ether oxygens (including phenoxy) is 1. The zero-order valence-electron chi connectivity index (χ0n) is 11.7. The zero-order chi connectivity index (χ0) is 14.6. The van der Waals surface area contributed by atoms with Gasteiger partial charge in [-0.25, -0.2) is 8.78 Å². The first-order chi connectivity index (χ1) is 9.56. The van der Waals surface area contributed by atoms with Crippen LogP contribution < -0.4 is 5.32 Å². The average Bonchev–Trinajstić information content (AvgIpc) is 2.46. The Morgan fingerprint density at radius 1 is 1.35 bits per heavy atom. The molecule has 0 aliphatic carbocycles. The van der Waals surface area contributed by atoms with E-state index in [1.54, 1.807) is 0 Å². The monoisotopic (exact) mass is 285 g/mol. The SMILES string of the molecule is CC(NCC1(CO)CCOCC1)c1ccc(F)cc1F. The highest BCUT2D eigenvalue weighted by molar-refractivity contribution is 5.21. The van der Waals surface area contributed by atoms with Crippen LogP contribution in [-0.2, 0) is 4.74 Å². The Balaban J connectivity index is 1.98. The van der Waals surface area contributed by atoms with Crippen LogP contribution in [0.3, 0.4) is 0 Å². The lowest BCUT2D eigenvalue weighted by Crippen LogP contribution is -2.42. The molecule has 1 saturated heterocycles. The molecule has 0 spiro atoms. The van der Waals surface area contributed by atoms with Gasteiger partial charge in [-0.3, -0.25) is 0 Å². The summed E-state index contributed by atoms with van der Waals surface area (Å²) in [5.41, 5.74) is 0.231. The van der Waals surface area contributed by atoms with Crippen molar-refractivity contribution in [1.29, 1.82) is 0 Å². The fourth-order valence-corrected chi connectivity index (χ4v) is 2.53. The molecule has 1 aliphatic heterocycles. The molecule has 112 valence electrons. The molecule has 0 bridgehead atoms. The predicted octanol–water partition coefficient (Wildman–Crippen LogP) is 2.40. The first kappa shape index (κ1) is 15.4. The van der Waals surface area contributed by atoms with E-state index in [0.717, 1.165) is 18.9 Å². The van der Waals surface area contributed by atoms with Crippen molar-refractivity contribution < 1.29 is 18.6 Å². The van der Waals surface area contributed by atoms with E-state index in [9.17, 15) is 13.9 Å². The van der Waals surface area contributed by atoms with Gasteiger partial charge in [0.1, 0.15) is 11.6 Å². The third-order valence-electron chi connectivity index (χ3n) is 4.10. The highest BCUT2D eigenvalue weighted by Crippen LogP contribution is 2.30. The number of hydrogen-bond donors (Lipinski definition) is 2. The van der Waals surface area contributed by atoms with Crippen LogP contribution in [0, 0.1) is 17.0 Å². The molecule has 1 aromatic rings. The maximum absolute atomic E-state index is 13.7. The highest BCUT2D eigenvalue weighted by Gasteiger charge is 2.32. The van der Waals surface area contributed by atoms with Crippen molar-refractivity contribution in [3.63, 3.8) is 0 Å². The van der Waals surface area contributed by atoms with Crippen LogP contribution in [0.15, 0.2) is 18.2 Å². The Hall–Kier alpha value is -1.04. The Labute approximate surface area is 117 Å². The molecule has 0 aromatic heterocycles. The number of nitrogens with one attached hydrogen (secondary N) is 1.